The first-order valence-corrected chi connectivity index (χ1v) is 5.68. The van der Waals surface area contributed by atoms with E-state index in [1.807, 2.05) is 13.8 Å². The number of carbonyl (C=O) groups excluding carboxylic acids is 2. The fourth-order valence-corrected chi connectivity index (χ4v) is 1.25. The van der Waals surface area contributed by atoms with Gasteiger partial charge in [-0.05, 0) is 5.92 Å². The standard InChI is InChI=1S/C11H22N2O4/c1-4-8(2)10(11(12)15)13-9(14)7-17-6-5-16-3/h8,10H,4-7H2,1-3H3,(H2,12,15)(H,13,14)/t8-,10-/m0/s1. The Morgan fingerprint density at radius 1 is 1.35 bits per heavy atom. The van der Waals surface area contributed by atoms with Gasteiger partial charge in [0, 0.05) is 7.11 Å². The van der Waals surface area contributed by atoms with Crippen LogP contribution in [0.15, 0.2) is 0 Å². The van der Waals surface area contributed by atoms with Gasteiger partial charge >= 0.3 is 0 Å². The van der Waals surface area contributed by atoms with E-state index in [2.05, 4.69) is 5.32 Å². The predicted octanol–water partition coefficient (Wildman–Crippen LogP) is -0.334. The molecule has 0 bridgehead atoms. The first-order chi connectivity index (χ1) is 8.02. The van der Waals surface area contributed by atoms with E-state index in [0.29, 0.717) is 13.2 Å². The highest BCUT2D eigenvalue weighted by molar-refractivity contribution is 5.87. The molecular weight excluding hydrogens is 224 g/mol. The number of nitrogens with one attached hydrogen (secondary N) is 1. The van der Waals surface area contributed by atoms with Gasteiger partial charge < -0.3 is 20.5 Å². The summed E-state index contributed by atoms with van der Waals surface area (Å²) in [5.41, 5.74) is 5.22. The van der Waals surface area contributed by atoms with Crippen LogP contribution >= 0.6 is 0 Å². The maximum absolute atomic E-state index is 11.5. The lowest BCUT2D eigenvalue weighted by atomic mass is 9.99. The second-order valence-electron chi connectivity index (χ2n) is 3.88. The summed E-state index contributed by atoms with van der Waals surface area (Å²) < 4.78 is 9.81. The van der Waals surface area contributed by atoms with Gasteiger partial charge in [0.1, 0.15) is 12.6 Å². The Morgan fingerprint density at radius 3 is 2.47 bits per heavy atom. The second-order valence-corrected chi connectivity index (χ2v) is 3.88. The van der Waals surface area contributed by atoms with E-state index < -0.39 is 11.9 Å². The summed E-state index contributed by atoms with van der Waals surface area (Å²) in [5, 5.41) is 2.56. The monoisotopic (exact) mass is 246 g/mol. The SMILES string of the molecule is CC[C@H](C)[C@H](NC(=O)COCCOC)C(N)=O. The number of amides is 2. The Morgan fingerprint density at radius 2 is 2.00 bits per heavy atom. The summed E-state index contributed by atoms with van der Waals surface area (Å²) in [4.78, 5) is 22.6. The van der Waals surface area contributed by atoms with Crippen molar-refractivity contribution in [3.05, 3.63) is 0 Å². The number of carbonyl (C=O) groups is 2. The molecule has 0 saturated carbocycles. The van der Waals surface area contributed by atoms with Crippen molar-refractivity contribution < 1.29 is 19.1 Å². The molecule has 0 radical (unpaired) electrons. The van der Waals surface area contributed by atoms with Gasteiger partial charge in [-0.3, -0.25) is 9.59 Å². The number of hydrogen-bond acceptors (Lipinski definition) is 4. The van der Waals surface area contributed by atoms with Crippen molar-refractivity contribution >= 4 is 11.8 Å². The average Bonchev–Trinajstić information content (AvgIpc) is 2.30. The molecule has 0 fully saturated rings. The summed E-state index contributed by atoms with van der Waals surface area (Å²) in [6, 6.07) is -0.640. The topological polar surface area (TPSA) is 90.7 Å². The lowest BCUT2D eigenvalue weighted by Gasteiger charge is -2.20. The lowest BCUT2D eigenvalue weighted by molar-refractivity contribution is -0.131. The molecule has 0 heterocycles. The Labute approximate surface area is 102 Å². The van der Waals surface area contributed by atoms with Crippen LogP contribution in [0.25, 0.3) is 0 Å². The van der Waals surface area contributed by atoms with E-state index in [0.717, 1.165) is 6.42 Å². The zero-order valence-electron chi connectivity index (χ0n) is 10.7. The Kier molecular flexibility index (Phi) is 8.35. The molecule has 17 heavy (non-hydrogen) atoms. The van der Waals surface area contributed by atoms with E-state index in [-0.39, 0.29) is 18.4 Å². The highest BCUT2D eigenvalue weighted by Gasteiger charge is 2.23. The zero-order chi connectivity index (χ0) is 13.3. The van der Waals surface area contributed by atoms with Gasteiger partial charge in [0.05, 0.1) is 13.2 Å². The lowest BCUT2D eigenvalue weighted by Crippen LogP contribution is -2.49. The maximum atomic E-state index is 11.5. The summed E-state index contributed by atoms with van der Waals surface area (Å²) in [6.45, 7) is 4.47. The Bertz CT molecular complexity index is 246. The Balaban J connectivity index is 4.00. The fourth-order valence-electron chi connectivity index (χ4n) is 1.25. The van der Waals surface area contributed by atoms with Crippen molar-refractivity contribution in [3.63, 3.8) is 0 Å². The normalized spacial score (nSPS) is 14.1. The van der Waals surface area contributed by atoms with Gasteiger partial charge in [-0.1, -0.05) is 20.3 Å². The molecule has 0 rings (SSSR count). The number of hydrogen-bond donors (Lipinski definition) is 2. The molecule has 0 aliphatic carbocycles. The molecule has 2 atom stereocenters. The third-order valence-electron chi connectivity index (χ3n) is 2.50. The van der Waals surface area contributed by atoms with E-state index >= 15 is 0 Å². The number of primary amides is 1. The minimum absolute atomic E-state index is 0.00965. The molecular formula is C11H22N2O4. The van der Waals surface area contributed by atoms with Crippen LogP contribution in [-0.2, 0) is 19.1 Å². The number of nitrogens with two attached hydrogens (primary N) is 1. The third kappa shape index (κ3) is 6.91. The number of rotatable bonds is 9. The van der Waals surface area contributed by atoms with Crippen LogP contribution in [0.1, 0.15) is 20.3 Å². The number of methoxy groups -OCH3 is 1. The molecule has 0 aliphatic rings. The first kappa shape index (κ1) is 15.9. The van der Waals surface area contributed by atoms with Crippen molar-refractivity contribution in [1.82, 2.24) is 5.32 Å². The molecule has 0 aliphatic heterocycles. The van der Waals surface area contributed by atoms with Crippen molar-refractivity contribution in [2.75, 3.05) is 26.9 Å². The van der Waals surface area contributed by atoms with Gasteiger partial charge in [-0.2, -0.15) is 0 Å². The quantitative estimate of drug-likeness (QED) is 0.545. The summed E-state index contributed by atoms with van der Waals surface area (Å²) in [5.74, 6) is -0.856. The van der Waals surface area contributed by atoms with E-state index in [1.165, 1.54) is 0 Å². The highest BCUT2D eigenvalue weighted by atomic mass is 16.5. The Hall–Kier alpha value is -1.14. The highest BCUT2D eigenvalue weighted by Crippen LogP contribution is 2.06. The van der Waals surface area contributed by atoms with Gasteiger partial charge in [0.15, 0.2) is 0 Å². The summed E-state index contributed by atoms with van der Waals surface area (Å²) >= 11 is 0. The zero-order valence-corrected chi connectivity index (χ0v) is 10.7. The van der Waals surface area contributed by atoms with Crippen LogP contribution in [0.2, 0.25) is 0 Å². The number of ether oxygens (including phenoxy) is 2. The molecule has 6 heteroatoms. The van der Waals surface area contributed by atoms with E-state index in [9.17, 15) is 9.59 Å². The van der Waals surface area contributed by atoms with Crippen LogP contribution in [-0.4, -0.2) is 44.8 Å². The fraction of sp³-hybridized carbons (Fsp3) is 0.818. The predicted molar refractivity (Wildman–Crippen MR) is 63.3 cm³/mol. The maximum Gasteiger partial charge on any atom is 0.246 e. The van der Waals surface area contributed by atoms with Crippen molar-refractivity contribution in [2.45, 2.75) is 26.3 Å². The van der Waals surface area contributed by atoms with Gasteiger partial charge in [0.2, 0.25) is 11.8 Å². The van der Waals surface area contributed by atoms with Gasteiger partial charge in [-0.15, -0.1) is 0 Å². The third-order valence-corrected chi connectivity index (χ3v) is 2.50. The summed E-state index contributed by atoms with van der Waals surface area (Å²) in [7, 11) is 1.55. The van der Waals surface area contributed by atoms with Crippen LogP contribution < -0.4 is 11.1 Å². The second kappa shape index (κ2) is 8.95. The molecule has 0 aromatic carbocycles. The average molecular weight is 246 g/mol. The van der Waals surface area contributed by atoms with Crippen molar-refractivity contribution in [2.24, 2.45) is 11.7 Å². The van der Waals surface area contributed by atoms with E-state index in [4.69, 9.17) is 15.2 Å². The molecule has 6 nitrogen and oxygen atoms in total. The molecule has 0 saturated heterocycles. The molecule has 100 valence electrons. The van der Waals surface area contributed by atoms with Crippen molar-refractivity contribution in [3.8, 4) is 0 Å². The molecule has 0 aromatic heterocycles. The molecule has 0 unspecified atom stereocenters. The van der Waals surface area contributed by atoms with Crippen LogP contribution in [0.4, 0.5) is 0 Å². The largest absolute Gasteiger partial charge is 0.382 e. The smallest absolute Gasteiger partial charge is 0.246 e. The summed E-state index contributed by atoms with van der Waals surface area (Å²) in [6.07, 6.45) is 0.762. The van der Waals surface area contributed by atoms with Crippen LogP contribution in [0.3, 0.4) is 0 Å². The minimum atomic E-state index is -0.640. The minimum Gasteiger partial charge on any atom is -0.382 e. The van der Waals surface area contributed by atoms with Gasteiger partial charge in [0.25, 0.3) is 0 Å². The molecule has 3 N–H and O–H groups in total. The molecule has 2 amide bonds. The van der Waals surface area contributed by atoms with E-state index in [1.54, 1.807) is 7.11 Å². The molecule has 0 aromatic rings. The van der Waals surface area contributed by atoms with Crippen molar-refractivity contribution in [1.29, 1.82) is 0 Å². The van der Waals surface area contributed by atoms with Gasteiger partial charge in [-0.25, -0.2) is 0 Å². The molecule has 0 spiro atoms. The van der Waals surface area contributed by atoms with Crippen LogP contribution in [0.5, 0.6) is 0 Å². The van der Waals surface area contributed by atoms with Crippen LogP contribution in [0, 0.1) is 5.92 Å². The first-order valence-electron chi connectivity index (χ1n) is 5.68.